The van der Waals surface area contributed by atoms with Crippen LogP contribution in [-0.2, 0) is 0 Å². The topological polar surface area (TPSA) is 61.1 Å². The number of nitrogens with zero attached hydrogens (tertiary/aromatic N) is 3. The molecule has 0 amide bonds. The van der Waals surface area contributed by atoms with E-state index in [0.717, 1.165) is 30.5 Å². The molecule has 1 saturated heterocycles. The lowest BCUT2D eigenvalue weighted by Crippen LogP contribution is -2.27. The smallest absolute Gasteiger partial charge is 0.334 e. The zero-order valence-corrected chi connectivity index (χ0v) is 16.3. The van der Waals surface area contributed by atoms with Crippen molar-refractivity contribution in [2.75, 3.05) is 13.1 Å². The van der Waals surface area contributed by atoms with Crippen LogP contribution in [0.25, 0.3) is 16.7 Å². The van der Waals surface area contributed by atoms with Gasteiger partial charge in [0.15, 0.2) is 0 Å². The summed E-state index contributed by atoms with van der Waals surface area (Å²) in [5.74, 6) is 1.24. The molecule has 1 fully saturated rings. The molecule has 0 aliphatic carbocycles. The number of fused-ring (bicyclic) bond motifs is 1. The van der Waals surface area contributed by atoms with Crippen molar-refractivity contribution < 1.29 is 4.74 Å². The molecule has 2 aromatic heterocycles. The maximum atomic E-state index is 13.4. The maximum absolute atomic E-state index is 13.4. The number of imidazole rings is 1. The van der Waals surface area contributed by atoms with Gasteiger partial charge in [0.05, 0.1) is 34.0 Å². The van der Waals surface area contributed by atoms with Gasteiger partial charge >= 0.3 is 5.69 Å². The SMILES string of the molecule is O=c1n(-c2ccc(Oc3ccccc3)c(Cl)c2)c2cnccc2n1[C@@H]1CCNC1. The number of aromatic nitrogens is 3. The van der Waals surface area contributed by atoms with Crippen LogP contribution in [0.15, 0.2) is 71.8 Å². The lowest BCUT2D eigenvalue weighted by Gasteiger charge is -2.11. The van der Waals surface area contributed by atoms with Crippen LogP contribution in [-0.4, -0.2) is 27.2 Å². The van der Waals surface area contributed by atoms with E-state index in [1.165, 1.54) is 0 Å². The highest BCUT2D eigenvalue weighted by Crippen LogP contribution is 2.32. The van der Waals surface area contributed by atoms with Gasteiger partial charge in [0, 0.05) is 12.7 Å². The van der Waals surface area contributed by atoms with E-state index in [4.69, 9.17) is 16.3 Å². The summed E-state index contributed by atoms with van der Waals surface area (Å²) in [5, 5.41) is 3.76. The summed E-state index contributed by atoms with van der Waals surface area (Å²) in [6, 6.07) is 16.9. The zero-order valence-electron chi connectivity index (χ0n) is 15.6. The van der Waals surface area contributed by atoms with Crippen molar-refractivity contribution in [1.82, 2.24) is 19.4 Å². The minimum atomic E-state index is -0.0884. The lowest BCUT2D eigenvalue weighted by molar-refractivity contribution is 0.483. The number of pyridine rings is 1. The normalized spacial score (nSPS) is 16.4. The second-order valence-electron chi connectivity index (χ2n) is 7.03. The summed E-state index contributed by atoms with van der Waals surface area (Å²) in [6.45, 7) is 1.69. The largest absolute Gasteiger partial charge is 0.456 e. The molecule has 29 heavy (non-hydrogen) atoms. The minimum absolute atomic E-state index is 0.0884. The second-order valence-corrected chi connectivity index (χ2v) is 7.44. The predicted octanol–water partition coefficient (Wildman–Crippen LogP) is 4.17. The van der Waals surface area contributed by atoms with Crippen LogP contribution in [0, 0.1) is 0 Å². The third kappa shape index (κ3) is 3.20. The molecule has 6 nitrogen and oxygen atoms in total. The molecule has 1 N–H and O–H groups in total. The Bertz CT molecular complexity index is 1230. The summed E-state index contributed by atoms with van der Waals surface area (Å²) in [4.78, 5) is 17.6. The molecule has 0 bridgehead atoms. The van der Waals surface area contributed by atoms with Crippen molar-refractivity contribution >= 4 is 22.6 Å². The van der Waals surface area contributed by atoms with Crippen LogP contribution in [0.5, 0.6) is 11.5 Å². The average Bonchev–Trinajstić information content (AvgIpc) is 3.36. The van der Waals surface area contributed by atoms with Gasteiger partial charge in [-0.15, -0.1) is 0 Å². The summed E-state index contributed by atoms with van der Waals surface area (Å²) in [5.41, 5.74) is 2.23. The fourth-order valence-electron chi connectivity index (χ4n) is 3.86. The number of hydrogen-bond acceptors (Lipinski definition) is 4. The molecule has 1 atom stereocenters. The molecule has 0 spiro atoms. The van der Waals surface area contributed by atoms with E-state index in [9.17, 15) is 4.79 Å². The van der Waals surface area contributed by atoms with Crippen LogP contribution < -0.4 is 15.7 Å². The standard InChI is InChI=1S/C22H19ClN4O2/c23-18-12-15(6-7-21(18)29-17-4-2-1-3-5-17)26-20-14-25-11-9-19(20)27(22(26)28)16-8-10-24-13-16/h1-7,9,11-12,14,16,24H,8,10,13H2/t16-/m1/s1. The van der Waals surface area contributed by atoms with Crippen LogP contribution in [0.2, 0.25) is 5.02 Å². The molecular formula is C22H19ClN4O2. The Hall–Kier alpha value is -3.09. The quantitative estimate of drug-likeness (QED) is 0.552. The second kappa shape index (κ2) is 7.39. The molecule has 0 radical (unpaired) electrons. The van der Waals surface area contributed by atoms with E-state index in [0.29, 0.717) is 22.2 Å². The molecule has 146 valence electrons. The van der Waals surface area contributed by atoms with E-state index in [2.05, 4.69) is 10.3 Å². The highest BCUT2D eigenvalue weighted by Gasteiger charge is 2.24. The van der Waals surface area contributed by atoms with Gasteiger partial charge in [0.2, 0.25) is 0 Å². The molecule has 1 aliphatic rings. The van der Waals surface area contributed by atoms with Gasteiger partial charge in [-0.25, -0.2) is 4.79 Å². The number of hydrogen-bond donors (Lipinski definition) is 1. The van der Waals surface area contributed by atoms with Crippen LogP contribution in [0.3, 0.4) is 0 Å². The molecule has 7 heteroatoms. The van der Waals surface area contributed by atoms with Gasteiger partial charge in [-0.3, -0.25) is 14.1 Å². The average molecular weight is 407 g/mol. The molecule has 4 aromatic rings. The number of para-hydroxylation sites is 1. The monoisotopic (exact) mass is 406 g/mol. The minimum Gasteiger partial charge on any atom is -0.456 e. The first kappa shape index (κ1) is 18.0. The Balaban J connectivity index is 1.60. The third-order valence-corrected chi connectivity index (χ3v) is 5.52. The van der Waals surface area contributed by atoms with E-state index in [1.54, 1.807) is 29.1 Å². The fraction of sp³-hybridized carbons (Fsp3) is 0.182. The molecule has 2 aromatic carbocycles. The van der Waals surface area contributed by atoms with Crippen molar-refractivity contribution in [2.24, 2.45) is 0 Å². The Morgan fingerprint density at radius 2 is 1.97 bits per heavy atom. The van der Waals surface area contributed by atoms with Crippen molar-refractivity contribution in [3.8, 4) is 17.2 Å². The van der Waals surface area contributed by atoms with Gasteiger partial charge < -0.3 is 10.1 Å². The number of nitrogens with one attached hydrogen (secondary N) is 1. The van der Waals surface area contributed by atoms with Gasteiger partial charge in [0.1, 0.15) is 11.5 Å². The number of halogens is 1. The molecule has 1 aliphatic heterocycles. The molecule has 0 unspecified atom stereocenters. The van der Waals surface area contributed by atoms with Crippen LogP contribution in [0.4, 0.5) is 0 Å². The Labute approximate surface area is 172 Å². The van der Waals surface area contributed by atoms with E-state index in [-0.39, 0.29) is 11.7 Å². The van der Waals surface area contributed by atoms with Gasteiger partial charge in [-0.05, 0) is 49.4 Å². The highest BCUT2D eigenvalue weighted by molar-refractivity contribution is 6.32. The predicted molar refractivity (Wildman–Crippen MR) is 113 cm³/mol. The van der Waals surface area contributed by atoms with E-state index in [1.807, 2.05) is 47.0 Å². The van der Waals surface area contributed by atoms with Gasteiger partial charge in [-0.1, -0.05) is 29.8 Å². The zero-order chi connectivity index (χ0) is 19.8. The first-order chi connectivity index (χ1) is 14.2. The molecule has 0 saturated carbocycles. The van der Waals surface area contributed by atoms with E-state index >= 15 is 0 Å². The third-order valence-electron chi connectivity index (χ3n) is 5.22. The maximum Gasteiger partial charge on any atom is 0.334 e. The Morgan fingerprint density at radius 3 is 2.72 bits per heavy atom. The van der Waals surface area contributed by atoms with Crippen molar-refractivity contribution in [3.63, 3.8) is 0 Å². The highest BCUT2D eigenvalue weighted by atomic mass is 35.5. The lowest BCUT2D eigenvalue weighted by atomic mass is 10.2. The van der Waals surface area contributed by atoms with Crippen molar-refractivity contribution in [2.45, 2.75) is 12.5 Å². The molecule has 5 rings (SSSR count). The fourth-order valence-corrected chi connectivity index (χ4v) is 4.07. The van der Waals surface area contributed by atoms with Crippen molar-refractivity contribution in [3.05, 3.63) is 82.5 Å². The summed E-state index contributed by atoms with van der Waals surface area (Å²) in [6.07, 6.45) is 4.36. The van der Waals surface area contributed by atoms with Gasteiger partial charge in [-0.2, -0.15) is 0 Å². The number of benzene rings is 2. The van der Waals surface area contributed by atoms with Crippen molar-refractivity contribution in [1.29, 1.82) is 0 Å². The molecule has 3 heterocycles. The first-order valence-corrected chi connectivity index (χ1v) is 9.90. The van der Waals surface area contributed by atoms with Gasteiger partial charge in [0.25, 0.3) is 0 Å². The summed E-state index contributed by atoms with van der Waals surface area (Å²) < 4.78 is 9.38. The Kier molecular flexibility index (Phi) is 4.58. The van der Waals surface area contributed by atoms with Crippen LogP contribution >= 0.6 is 11.6 Å². The summed E-state index contributed by atoms with van der Waals surface area (Å²) >= 11 is 6.49. The Morgan fingerprint density at radius 1 is 1.10 bits per heavy atom. The first-order valence-electron chi connectivity index (χ1n) is 9.53. The molecular weight excluding hydrogens is 388 g/mol. The van der Waals surface area contributed by atoms with Crippen LogP contribution in [0.1, 0.15) is 12.5 Å². The number of ether oxygens (including phenoxy) is 1. The van der Waals surface area contributed by atoms with E-state index < -0.39 is 0 Å². The summed E-state index contributed by atoms with van der Waals surface area (Å²) in [7, 11) is 0. The number of rotatable bonds is 4.